The SMILES string of the molecule is CC(C)[C@@H](N)C(=O)N1Cc2ccccc2C[C@@H]1C(=O)O. The molecule has 20 heavy (non-hydrogen) atoms. The monoisotopic (exact) mass is 276 g/mol. The Labute approximate surface area is 118 Å². The molecule has 1 aromatic rings. The van der Waals surface area contributed by atoms with E-state index in [1.165, 1.54) is 4.90 Å². The third-order valence-corrected chi connectivity index (χ3v) is 3.82. The molecule has 1 amide bonds. The van der Waals surface area contributed by atoms with Crippen LogP contribution in [0.2, 0.25) is 0 Å². The summed E-state index contributed by atoms with van der Waals surface area (Å²) in [6.45, 7) is 4.03. The first-order chi connectivity index (χ1) is 9.41. The Kier molecular flexibility index (Phi) is 4.09. The third kappa shape index (κ3) is 2.67. The van der Waals surface area contributed by atoms with E-state index in [4.69, 9.17) is 5.73 Å². The predicted molar refractivity (Wildman–Crippen MR) is 74.9 cm³/mol. The van der Waals surface area contributed by atoms with E-state index in [2.05, 4.69) is 0 Å². The molecule has 1 aromatic carbocycles. The van der Waals surface area contributed by atoms with Crippen molar-refractivity contribution in [3.05, 3.63) is 35.4 Å². The van der Waals surface area contributed by atoms with Crippen molar-refractivity contribution in [2.45, 2.75) is 38.9 Å². The van der Waals surface area contributed by atoms with E-state index < -0.39 is 18.1 Å². The summed E-state index contributed by atoms with van der Waals surface area (Å²) >= 11 is 0. The van der Waals surface area contributed by atoms with Gasteiger partial charge < -0.3 is 15.7 Å². The highest BCUT2D eigenvalue weighted by Crippen LogP contribution is 2.24. The minimum Gasteiger partial charge on any atom is -0.480 e. The molecule has 0 aromatic heterocycles. The van der Waals surface area contributed by atoms with Gasteiger partial charge in [0.1, 0.15) is 6.04 Å². The number of benzene rings is 1. The fourth-order valence-corrected chi connectivity index (χ4v) is 2.45. The van der Waals surface area contributed by atoms with Crippen LogP contribution in [0.1, 0.15) is 25.0 Å². The number of hydrogen-bond donors (Lipinski definition) is 2. The van der Waals surface area contributed by atoms with Gasteiger partial charge in [-0.25, -0.2) is 4.79 Å². The minimum atomic E-state index is -0.983. The van der Waals surface area contributed by atoms with Crippen molar-refractivity contribution in [2.75, 3.05) is 0 Å². The minimum absolute atomic E-state index is 0.0193. The van der Waals surface area contributed by atoms with E-state index in [-0.39, 0.29) is 11.8 Å². The molecule has 0 bridgehead atoms. The Morgan fingerprint density at radius 1 is 1.30 bits per heavy atom. The van der Waals surface area contributed by atoms with Crippen molar-refractivity contribution in [3.63, 3.8) is 0 Å². The van der Waals surface area contributed by atoms with Crippen molar-refractivity contribution >= 4 is 11.9 Å². The van der Waals surface area contributed by atoms with Gasteiger partial charge in [0.15, 0.2) is 0 Å². The van der Waals surface area contributed by atoms with E-state index in [9.17, 15) is 14.7 Å². The maximum absolute atomic E-state index is 12.4. The molecule has 0 fully saturated rings. The molecule has 1 aliphatic heterocycles. The first-order valence-corrected chi connectivity index (χ1v) is 6.77. The molecule has 108 valence electrons. The number of carbonyl (C=O) groups is 2. The standard InChI is InChI=1S/C15H20N2O3/c1-9(2)13(16)14(18)17-8-11-6-4-3-5-10(11)7-12(17)15(19)20/h3-6,9,12-13H,7-8,16H2,1-2H3,(H,19,20)/t12-,13-/m1/s1. The second-order valence-corrected chi connectivity index (χ2v) is 5.56. The number of carboxylic acids is 1. The Morgan fingerprint density at radius 2 is 1.90 bits per heavy atom. The van der Waals surface area contributed by atoms with Gasteiger partial charge in [0, 0.05) is 13.0 Å². The number of carbonyl (C=O) groups excluding carboxylic acids is 1. The number of amides is 1. The summed E-state index contributed by atoms with van der Waals surface area (Å²) in [6, 6.07) is 6.12. The summed E-state index contributed by atoms with van der Waals surface area (Å²) in [4.78, 5) is 25.2. The Balaban J connectivity index is 2.31. The number of carboxylic acid groups (broad SMARTS) is 1. The summed E-state index contributed by atoms with van der Waals surface area (Å²) < 4.78 is 0. The molecule has 0 saturated heterocycles. The second kappa shape index (κ2) is 5.63. The molecule has 1 heterocycles. The van der Waals surface area contributed by atoms with Crippen LogP contribution in [0, 0.1) is 5.92 Å². The molecule has 0 unspecified atom stereocenters. The Hall–Kier alpha value is -1.88. The fraction of sp³-hybridized carbons (Fsp3) is 0.467. The van der Waals surface area contributed by atoms with Crippen LogP contribution in [0.5, 0.6) is 0 Å². The van der Waals surface area contributed by atoms with Crippen LogP contribution >= 0.6 is 0 Å². The van der Waals surface area contributed by atoms with E-state index >= 15 is 0 Å². The number of hydrogen-bond acceptors (Lipinski definition) is 3. The molecule has 1 aliphatic rings. The van der Waals surface area contributed by atoms with Gasteiger partial charge in [-0.2, -0.15) is 0 Å². The van der Waals surface area contributed by atoms with Crippen LogP contribution in [0.4, 0.5) is 0 Å². The summed E-state index contributed by atoms with van der Waals surface area (Å²) in [7, 11) is 0. The van der Waals surface area contributed by atoms with Crippen LogP contribution in [0.15, 0.2) is 24.3 Å². The van der Waals surface area contributed by atoms with Crippen molar-refractivity contribution in [3.8, 4) is 0 Å². The van der Waals surface area contributed by atoms with E-state index in [1.807, 2.05) is 38.1 Å². The van der Waals surface area contributed by atoms with Gasteiger partial charge in [-0.15, -0.1) is 0 Å². The highest BCUT2D eigenvalue weighted by Gasteiger charge is 2.36. The summed E-state index contributed by atoms with van der Waals surface area (Å²) in [5.41, 5.74) is 7.87. The summed E-state index contributed by atoms with van der Waals surface area (Å²) in [5, 5.41) is 9.37. The lowest BCUT2D eigenvalue weighted by Crippen LogP contribution is -2.55. The molecule has 5 heteroatoms. The second-order valence-electron chi connectivity index (χ2n) is 5.56. The molecule has 0 saturated carbocycles. The van der Waals surface area contributed by atoms with Crippen molar-refractivity contribution in [1.29, 1.82) is 0 Å². The highest BCUT2D eigenvalue weighted by atomic mass is 16.4. The van der Waals surface area contributed by atoms with Crippen LogP contribution in [0.3, 0.4) is 0 Å². The Morgan fingerprint density at radius 3 is 2.45 bits per heavy atom. The first kappa shape index (κ1) is 14.5. The van der Waals surface area contributed by atoms with Crippen molar-refractivity contribution in [1.82, 2.24) is 4.90 Å². The number of aliphatic carboxylic acids is 1. The van der Waals surface area contributed by atoms with Gasteiger partial charge in [-0.05, 0) is 17.0 Å². The average Bonchev–Trinajstić information content (AvgIpc) is 2.44. The molecular formula is C15H20N2O3. The van der Waals surface area contributed by atoms with Crippen molar-refractivity contribution in [2.24, 2.45) is 11.7 Å². The van der Waals surface area contributed by atoms with Gasteiger partial charge in [0.25, 0.3) is 0 Å². The lowest BCUT2D eigenvalue weighted by atomic mass is 9.92. The van der Waals surface area contributed by atoms with Crippen LogP contribution < -0.4 is 5.73 Å². The zero-order chi connectivity index (χ0) is 14.9. The quantitative estimate of drug-likeness (QED) is 0.863. The molecule has 0 radical (unpaired) electrons. The summed E-state index contributed by atoms with van der Waals surface area (Å²) in [6.07, 6.45) is 0.335. The Bertz CT molecular complexity index is 528. The molecule has 0 spiro atoms. The van der Waals surface area contributed by atoms with Gasteiger partial charge in [0.05, 0.1) is 6.04 Å². The van der Waals surface area contributed by atoms with E-state index in [0.29, 0.717) is 13.0 Å². The number of nitrogens with zero attached hydrogens (tertiary/aromatic N) is 1. The number of rotatable bonds is 3. The van der Waals surface area contributed by atoms with Crippen LogP contribution in [-0.4, -0.2) is 34.0 Å². The van der Waals surface area contributed by atoms with Gasteiger partial charge >= 0.3 is 5.97 Å². The van der Waals surface area contributed by atoms with Crippen LogP contribution in [-0.2, 0) is 22.6 Å². The smallest absolute Gasteiger partial charge is 0.326 e. The lowest BCUT2D eigenvalue weighted by molar-refractivity contribution is -0.152. The largest absolute Gasteiger partial charge is 0.480 e. The summed E-state index contributed by atoms with van der Waals surface area (Å²) in [5.74, 6) is -1.29. The lowest BCUT2D eigenvalue weighted by Gasteiger charge is -2.36. The molecule has 2 rings (SSSR count). The number of fused-ring (bicyclic) bond motifs is 1. The van der Waals surface area contributed by atoms with E-state index in [1.54, 1.807) is 0 Å². The maximum atomic E-state index is 12.4. The number of nitrogens with two attached hydrogens (primary N) is 1. The zero-order valence-electron chi connectivity index (χ0n) is 11.7. The van der Waals surface area contributed by atoms with Gasteiger partial charge in [-0.1, -0.05) is 38.1 Å². The molecule has 5 nitrogen and oxygen atoms in total. The topological polar surface area (TPSA) is 83.6 Å². The van der Waals surface area contributed by atoms with Crippen molar-refractivity contribution < 1.29 is 14.7 Å². The molecule has 3 N–H and O–H groups in total. The highest BCUT2D eigenvalue weighted by molar-refractivity contribution is 5.87. The van der Waals surface area contributed by atoms with Crippen LogP contribution in [0.25, 0.3) is 0 Å². The zero-order valence-corrected chi connectivity index (χ0v) is 11.7. The van der Waals surface area contributed by atoms with E-state index in [0.717, 1.165) is 11.1 Å². The maximum Gasteiger partial charge on any atom is 0.326 e. The fourth-order valence-electron chi connectivity index (χ4n) is 2.45. The first-order valence-electron chi connectivity index (χ1n) is 6.77. The predicted octanol–water partition coefficient (Wildman–Crippen LogP) is 1.01. The third-order valence-electron chi connectivity index (χ3n) is 3.82. The van der Waals surface area contributed by atoms with Gasteiger partial charge in [-0.3, -0.25) is 4.79 Å². The average molecular weight is 276 g/mol. The molecular weight excluding hydrogens is 256 g/mol. The van der Waals surface area contributed by atoms with Gasteiger partial charge in [0.2, 0.25) is 5.91 Å². The molecule has 2 atom stereocenters. The normalized spacial score (nSPS) is 19.6. The molecule has 0 aliphatic carbocycles.